The van der Waals surface area contributed by atoms with Gasteiger partial charge in [-0.05, 0) is 25.0 Å². The molecule has 1 rings (SSSR count). The number of para-hydroxylation sites is 1. The van der Waals surface area contributed by atoms with Crippen LogP contribution in [0, 0.1) is 13.8 Å². The summed E-state index contributed by atoms with van der Waals surface area (Å²) in [5, 5.41) is 3.24. The molecule has 0 atom stereocenters. The normalized spacial score (nSPS) is 11.3. The molecule has 4 nitrogen and oxygen atoms in total. The monoisotopic (exact) mass is 206 g/mol. The Labute approximate surface area is 90.8 Å². The number of hydrogen-bond donors (Lipinski definition) is 3. The highest BCUT2D eigenvalue weighted by Gasteiger charge is 2.03. The van der Waals surface area contributed by atoms with Crippen molar-refractivity contribution >= 4 is 11.6 Å². The van der Waals surface area contributed by atoms with Gasteiger partial charge in [0.25, 0.3) is 0 Å². The van der Waals surface area contributed by atoms with Crippen LogP contribution in [0.15, 0.2) is 23.2 Å². The number of rotatable bonds is 2. The zero-order valence-electron chi connectivity index (χ0n) is 9.68. The minimum atomic E-state index is 0.704. The quantitative estimate of drug-likeness (QED) is 0.390. The number of benzene rings is 1. The zero-order chi connectivity index (χ0) is 11.3. The lowest BCUT2D eigenvalue weighted by Gasteiger charge is -2.14. The van der Waals surface area contributed by atoms with E-state index in [0.29, 0.717) is 5.96 Å². The predicted octanol–water partition coefficient (Wildman–Crippen LogP) is 1.43. The van der Waals surface area contributed by atoms with Crippen molar-refractivity contribution in [2.75, 3.05) is 19.4 Å². The molecule has 0 aliphatic rings. The van der Waals surface area contributed by atoms with Crippen LogP contribution < -0.4 is 16.2 Å². The number of aryl methyl sites for hydroxylation is 2. The summed E-state index contributed by atoms with van der Waals surface area (Å²) >= 11 is 0. The molecule has 0 radical (unpaired) electrons. The number of aliphatic imine (C=N–C) groups is 1. The number of hydrogen-bond acceptors (Lipinski definition) is 2. The van der Waals surface area contributed by atoms with Gasteiger partial charge in [-0.1, -0.05) is 18.2 Å². The van der Waals surface area contributed by atoms with Gasteiger partial charge in [0.15, 0.2) is 0 Å². The summed E-state index contributed by atoms with van der Waals surface area (Å²) in [4.78, 5) is 4.09. The summed E-state index contributed by atoms with van der Waals surface area (Å²) in [5.74, 6) is 0.704. The van der Waals surface area contributed by atoms with Crippen LogP contribution in [0.4, 0.5) is 5.69 Å². The van der Waals surface area contributed by atoms with Crippen molar-refractivity contribution in [1.29, 1.82) is 0 Å². The number of nitrogens with zero attached hydrogens (tertiary/aromatic N) is 1. The predicted molar refractivity (Wildman–Crippen MR) is 65.1 cm³/mol. The highest BCUT2D eigenvalue weighted by molar-refractivity contribution is 5.94. The summed E-state index contributed by atoms with van der Waals surface area (Å²) in [6, 6.07) is 6.19. The molecule has 15 heavy (non-hydrogen) atoms. The van der Waals surface area contributed by atoms with Crippen LogP contribution in [-0.2, 0) is 0 Å². The van der Waals surface area contributed by atoms with E-state index < -0.39 is 0 Å². The molecule has 0 unspecified atom stereocenters. The molecule has 4 heteroatoms. The third kappa shape index (κ3) is 2.95. The second-order valence-electron chi connectivity index (χ2n) is 3.34. The molecule has 3 N–H and O–H groups in total. The van der Waals surface area contributed by atoms with Gasteiger partial charge in [-0.2, -0.15) is 0 Å². The smallest absolute Gasteiger partial charge is 0.210 e. The van der Waals surface area contributed by atoms with Gasteiger partial charge in [-0.3, -0.25) is 10.4 Å². The number of guanidine groups is 1. The van der Waals surface area contributed by atoms with Crippen LogP contribution in [0.5, 0.6) is 0 Å². The number of anilines is 1. The molecule has 0 saturated carbocycles. The van der Waals surface area contributed by atoms with Gasteiger partial charge in [-0.15, -0.1) is 0 Å². The fourth-order valence-corrected chi connectivity index (χ4v) is 1.39. The average Bonchev–Trinajstić information content (AvgIpc) is 2.22. The van der Waals surface area contributed by atoms with Crippen LogP contribution in [0.25, 0.3) is 0 Å². The van der Waals surface area contributed by atoms with Crippen molar-refractivity contribution in [3.63, 3.8) is 0 Å². The summed E-state index contributed by atoms with van der Waals surface area (Å²) in [5.41, 5.74) is 9.26. The maximum absolute atomic E-state index is 4.09. The van der Waals surface area contributed by atoms with Crippen molar-refractivity contribution in [3.05, 3.63) is 29.3 Å². The van der Waals surface area contributed by atoms with E-state index in [1.165, 1.54) is 11.1 Å². The van der Waals surface area contributed by atoms with Gasteiger partial charge in [-0.25, -0.2) is 5.43 Å². The Kier molecular flexibility index (Phi) is 4.12. The molecule has 0 heterocycles. The fourth-order valence-electron chi connectivity index (χ4n) is 1.39. The average molecular weight is 206 g/mol. The zero-order valence-corrected chi connectivity index (χ0v) is 9.68. The Morgan fingerprint density at radius 2 is 1.80 bits per heavy atom. The molecule has 0 amide bonds. The summed E-state index contributed by atoms with van der Waals surface area (Å²) in [6.45, 7) is 4.14. The van der Waals surface area contributed by atoms with Crippen LogP contribution >= 0.6 is 0 Å². The molecule has 0 fully saturated rings. The lowest BCUT2D eigenvalue weighted by molar-refractivity contribution is 0.765. The molecule has 1 aromatic rings. The molecule has 0 aliphatic carbocycles. The first-order valence-corrected chi connectivity index (χ1v) is 4.91. The van der Waals surface area contributed by atoms with Crippen LogP contribution in [0.2, 0.25) is 0 Å². The molecule has 1 aromatic carbocycles. The molecule has 0 saturated heterocycles. The molecular formula is C11H18N4. The van der Waals surface area contributed by atoms with E-state index in [2.05, 4.69) is 47.1 Å². The van der Waals surface area contributed by atoms with E-state index in [9.17, 15) is 0 Å². The minimum Gasteiger partial charge on any atom is -0.325 e. The van der Waals surface area contributed by atoms with E-state index in [-0.39, 0.29) is 0 Å². The highest BCUT2D eigenvalue weighted by atomic mass is 15.4. The summed E-state index contributed by atoms with van der Waals surface area (Å²) in [7, 11) is 3.54. The second kappa shape index (κ2) is 5.36. The molecule has 0 spiro atoms. The highest BCUT2D eigenvalue weighted by Crippen LogP contribution is 2.18. The van der Waals surface area contributed by atoms with E-state index in [4.69, 9.17) is 0 Å². The Morgan fingerprint density at radius 1 is 1.20 bits per heavy atom. The number of hydrazine groups is 1. The first kappa shape index (κ1) is 11.5. The van der Waals surface area contributed by atoms with E-state index in [1.807, 2.05) is 6.07 Å². The largest absolute Gasteiger partial charge is 0.325 e. The first-order chi connectivity index (χ1) is 7.19. The molecule has 0 bridgehead atoms. The standard InChI is InChI=1S/C11H18N4/c1-8-6-5-7-9(2)10(8)14-11(12-3)15-13-4/h5-7,13H,1-4H3,(H2,12,14,15). The maximum Gasteiger partial charge on any atom is 0.210 e. The Balaban J connectivity index is 2.88. The Morgan fingerprint density at radius 3 is 2.27 bits per heavy atom. The lowest BCUT2D eigenvalue weighted by atomic mass is 10.1. The van der Waals surface area contributed by atoms with Crippen molar-refractivity contribution in [2.24, 2.45) is 4.99 Å². The van der Waals surface area contributed by atoms with Crippen molar-refractivity contribution in [2.45, 2.75) is 13.8 Å². The van der Waals surface area contributed by atoms with Gasteiger partial charge >= 0.3 is 0 Å². The molecule has 0 aromatic heterocycles. The van der Waals surface area contributed by atoms with Crippen molar-refractivity contribution < 1.29 is 0 Å². The maximum atomic E-state index is 4.09. The van der Waals surface area contributed by atoms with Crippen LogP contribution in [0.3, 0.4) is 0 Å². The van der Waals surface area contributed by atoms with E-state index in [0.717, 1.165) is 5.69 Å². The fraction of sp³-hybridized carbons (Fsp3) is 0.364. The Hall–Kier alpha value is -1.55. The van der Waals surface area contributed by atoms with Crippen molar-refractivity contribution in [1.82, 2.24) is 10.9 Å². The summed E-state index contributed by atoms with van der Waals surface area (Å²) in [6.07, 6.45) is 0. The third-order valence-electron chi connectivity index (χ3n) is 2.19. The second-order valence-corrected chi connectivity index (χ2v) is 3.34. The van der Waals surface area contributed by atoms with Crippen LogP contribution in [-0.4, -0.2) is 20.1 Å². The van der Waals surface area contributed by atoms with E-state index in [1.54, 1.807) is 14.1 Å². The third-order valence-corrected chi connectivity index (χ3v) is 2.19. The topological polar surface area (TPSA) is 48.5 Å². The Bertz CT molecular complexity index is 337. The molecule has 0 aliphatic heterocycles. The van der Waals surface area contributed by atoms with Gasteiger partial charge < -0.3 is 5.32 Å². The summed E-state index contributed by atoms with van der Waals surface area (Å²) < 4.78 is 0. The minimum absolute atomic E-state index is 0.704. The van der Waals surface area contributed by atoms with Gasteiger partial charge in [0.05, 0.1) is 0 Å². The molecule has 82 valence electrons. The van der Waals surface area contributed by atoms with Gasteiger partial charge in [0.2, 0.25) is 5.96 Å². The first-order valence-electron chi connectivity index (χ1n) is 4.91. The van der Waals surface area contributed by atoms with Crippen molar-refractivity contribution in [3.8, 4) is 0 Å². The number of nitrogens with one attached hydrogen (secondary N) is 3. The SMILES string of the molecule is CN=C(NNC)Nc1c(C)cccc1C. The van der Waals surface area contributed by atoms with Crippen LogP contribution in [0.1, 0.15) is 11.1 Å². The molecular weight excluding hydrogens is 188 g/mol. The van der Waals surface area contributed by atoms with E-state index >= 15 is 0 Å². The lowest BCUT2D eigenvalue weighted by Crippen LogP contribution is -2.39. The van der Waals surface area contributed by atoms with Gasteiger partial charge in [0, 0.05) is 19.8 Å². The van der Waals surface area contributed by atoms with Gasteiger partial charge in [0.1, 0.15) is 0 Å².